The second-order valence-electron chi connectivity index (χ2n) is 5.35. The van der Waals surface area contributed by atoms with E-state index in [0.717, 1.165) is 12.1 Å². The SMILES string of the molecule is CCOC(=O)C1(S(=O)(=O)c2ccc(C(F)(F)F)cc2)CCOCC1. The predicted molar refractivity (Wildman–Crippen MR) is 78.0 cm³/mol. The minimum Gasteiger partial charge on any atom is -0.465 e. The number of benzene rings is 1. The Labute approximate surface area is 137 Å². The van der Waals surface area contributed by atoms with Crippen molar-refractivity contribution < 1.29 is 35.9 Å². The fraction of sp³-hybridized carbons (Fsp3) is 0.533. The molecular weight excluding hydrogens is 349 g/mol. The van der Waals surface area contributed by atoms with Gasteiger partial charge < -0.3 is 9.47 Å². The zero-order valence-electron chi connectivity index (χ0n) is 12.9. The van der Waals surface area contributed by atoms with Gasteiger partial charge in [-0.2, -0.15) is 13.2 Å². The van der Waals surface area contributed by atoms with Crippen LogP contribution in [-0.4, -0.2) is 39.0 Å². The molecule has 0 bridgehead atoms. The summed E-state index contributed by atoms with van der Waals surface area (Å²) in [6, 6.07) is 3.11. The molecule has 0 saturated carbocycles. The molecule has 134 valence electrons. The molecule has 24 heavy (non-hydrogen) atoms. The number of hydrogen-bond acceptors (Lipinski definition) is 5. The van der Waals surface area contributed by atoms with E-state index in [1.54, 1.807) is 6.92 Å². The van der Waals surface area contributed by atoms with Crippen molar-refractivity contribution in [1.29, 1.82) is 0 Å². The van der Waals surface area contributed by atoms with Gasteiger partial charge >= 0.3 is 12.1 Å². The Hall–Kier alpha value is -1.61. The molecule has 0 atom stereocenters. The number of esters is 1. The molecule has 0 radical (unpaired) electrons. The van der Waals surface area contributed by atoms with E-state index < -0.39 is 32.3 Å². The van der Waals surface area contributed by atoms with E-state index in [2.05, 4.69) is 0 Å². The molecule has 1 aromatic rings. The summed E-state index contributed by atoms with van der Waals surface area (Å²) in [6.45, 7) is 1.66. The van der Waals surface area contributed by atoms with E-state index in [4.69, 9.17) is 9.47 Å². The van der Waals surface area contributed by atoms with Crippen LogP contribution in [0.5, 0.6) is 0 Å². The number of carbonyl (C=O) groups is 1. The van der Waals surface area contributed by atoms with Gasteiger partial charge in [0.15, 0.2) is 14.6 Å². The van der Waals surface area contributed by atoms with Crippen LogP contribution < -0.4 is 0 Å². The lowest BCUT2D eigenvalue weighted by Gasteiger charge is -2.34. The number of carbonyl (C=O) groups excluding carboxylic acids is 1. The maximum atomic E-state index is 12.9. The Bertz CT molecular complexity index is 689. The van der Waals surface area contributed by atoms with Crippen LogP contribution in [0, 0.1) is 0 Å². The molecule has 0 unspecified atom stereocenters. The highest BCUT2D eigenvalue weighted by Gasteiger charge is 2.53. The van der Waals surface area contributed by atoms with Crippen molar-refractivity contribution in [3.8, 4) is 0 Å². The molecule has 2 rings (SSSR count). The van der Waals surface area contributed by atoms with Crippen LogP contribution >= 0.6 is 0 Å². The highest BCUT2D eigenvalue weighted by atomic mass is 32.2. The van der Waals surface area contributed by atoms with Crippen molar-refractivity contribution in [1.82, 2.24) is 0 Å². The summed E-state index contributed by atoms with van der Waals surface area (Å²) in [5.74, 6) is -0.895. The molecule has 1 aromatic carbocycles. The van der Waals surface area contributed by atoms with Crippen LogP contribution in [0.3, 0.4) is 0 Å². The smallest absolute Gasteiger partial charge is 0.416 e. The lowest BCUT2D eigenvalue weighted by molar-refractivity contribution is -0.149. The average molecular weight is 366 g/mol. The van der Waals surface area contributed by atoms with Gasteiger partial charge in [-0.3, -0.25) is 4.79 Å². The van der Waals surface area contributed by atoms with Crippen molar-refractivity contribution in [3.05, 3.63) is 29.8 Å². The lowest BCUT2D eigenvalue weighted by Crippen LogP contribution is -2.51. The van der Waals surface area contributed by atoms with Crippen LogP contribution in [0.2, 0.25) is 0 Å². The molecule has 1 aliphatic rings. The first-order valence-corrected chi connectivity index (χ1v) is 8.80. The summed E-state index contributed by atoms with van der Waals surface area (Å²) in [7, 11) is -4.23. The third-order valence-electron chi connectivity index (χ3n) is 3.95. The molecule has 0 N–H and O–H groups in total. The number of rotatable bonds is 4. The quantitative estimate of drug-likeness (QED) is 0.766. The molecule has 1 saturated heterocycles. The zero-order valence-corrected chi connectivity index (χ0v) is 13.7. The van der Waals surface area contributed by atoms with Crippen LogP contribution in [0.4, 0.5) is 13.2 Å². The fourth-order valence-electron chi connectivity index (χ4n) is 2.59. The van der Waals surface area contributed by atoms with Gasteiger partial charge in [-0.15, -0.1) is 0 Å². The van der Waals surface area contributed by atoms with Gasteiger partial charge in [0.1, 0.15) is 0 Å². The summed E-state index contributed by atoms with van der Waals surface area (Å²) in [4.78, 5) is 12.0. The normalized spacial score (nSPS) is 18.2. The number of halogens is 3. The maximum absolute atomic E-state index is 12.9. The van der Waals surface area contributed by atoms with E-state index in [1.165, 1.54) is 0 Å². The lowest BCUT2D eigenvalue weighted by atomic mass is 9.99. The van der Waals surface area contributed by atoms with Gasteiger partial charge in [0.2, 0.25) is 0 Å². The molecule has 0 spiro atoms. The first-order valence-electron chi connectivity index (χ1n) is 7.32. The second kappa shape index (κ2) is 6.72. The first kappa shape index (κ1) is 18.7. The third-order valence-corrected chi connectivity index (χ3v) is 6.45. The standard InChI is InChI=1S/C15H17F3O5S/c1-2-23-13(19)14(7-9-22-10-8-14)24(20,21)12-5-3-11(4-6-12)15(16,17)18/h3-6H,2,7-10H2,1H3. The van der Waals surface area contributed by atoms with E-state index in [0.29, 0.717) is 12.1 Å². The molecule has 5 nitrogen and oxygen atoms in total. The minimum absolute atomic E-state index is 0.00394. The third kappa shape index (κ3) is 3.27. The first-order chi connectivity index (χ1) is 11.1. The predicted octanol–water partition coefficient (Wildman–Crippen LogP) is 2.59. The topological polar surface area (TPSA) is 69.7 Å². The molecule has 0 aliphatic carbocycles. The minimum atomic E-state index is -4.57. The number of alkyl halides is 3. The molecule has 0 amide bonds. The Morgan fingerprint density at radius 1 is 1.21 bits per heavy atom. The van der Waals surface area contributed by atoms with Gasteiger partial charge in [-0.05, 0) is 31.2 Å². The molecular formula is C15H17F3O5S. The van der Waals surface area contributed by atoms with E-state index in [9.17, 15) is 26.4 Å². The van der Waals surface area contributed by atoms with Crippen LogP contribution in [0.15, 0.2) is 29.2 Å². The van der Waals surface area contributed by atoms with E-state index in [-0.39, 0.29) is 37.6 Å². The Morgan fingerprint density at radius 2 is 1.75 bits per heavy atom. The zero-order chi connectivity index (χ0) is 18.0. The van der Waals surface area contributed by atoms with Gasteiger partial charge in [0.05, 0.1) is 17.1 Å². The second-order valence-corrected chi connectivity index (χ2v) is 7.61. The summed E-state index contributed by atoms with van der Waals surface area (Å²) in [6.07, 6.45) is -4.77. The summed E-state index contributed by atoms with van der Waals surface area (Å²) in [5.41, 5.74) is -0.960. The summed E-state index contributed by atoms with van der Waals surface area (Å²) in [5, 5.41) is 0. The largest absolute Gasteiger partial charge is 0.465 e. The van der Waals surface area contributed by atoms with Crippen LogP contribution in [0.25, 0.3) is 0 Å². The Kier molecular flexibility index (Phi) is 5.24. The van der Waals surface area contributed by atoms with Gasteiger partial charge in [0, 0.05) is 26.1 Å². The molecule has 0 aromatic heterocycles. The van der Waals surface area contributed by atoms with Gasteiger partial charge in [-0.25, -0.2) is 8.42 Å². The van der Waals surface area contributed by atoms with Crippen molar-refractivity contribution in [2.45, 2.75) is 35.6 Å². The number of hydrogen-bond donors (Lipinski definition) is 0. The molecule has 1 fully saturated rings. The average Bonchev–Trinajstić information content (AvgIpc) is 2.55. The van der Waals surface area contributed by atoms with Gasteiger partial charge in [0.25, 0.3) is 0 Å². The van der Waals surface area contributed by atoms with E-state index in [1.807, 2.05) is 0 Å². The van der Waals surface area contributed by atoms with E-state index >= 15 is 0 Å². The molecule has 9 heteroatoms. The van der Waals surface area contributed by atoms with Crippen LogP contribution in [-0.2, 0) is 30.3 Å². The summed E-state index contributed by atoms with van der Waals surface area (Å²) < 4.78 is 72.0. The Balaban J connectivity index is 2.46. The number of ether oxygens (including phenoxy) is 2. The van der Waals surface area contributed by atoms with Gasteiger partial charge in [-0.1, -0.05) is 0 Å². The Morgan fingerprint density at radius 3 is 2.21 bits per heavy atom. The monoisotopic (exact) mass is 366 g/mol. The van der Waals surface area contributed by atoms with Crippen molar-refractivity contribution >= 4 is 15.8 Å². The van der Waals surface area contributed by atoms with Crippen molar-refractivity contribution in [2.24, 2.45) is 0 Å². The van der Waals surface area contributed by atoms with Crippen LogP contribution in [0.1, 0.15) is 25.3 Å². The summed E-state index contributed by atoms with van der Waals surface area (Å²) >= 11 is 0. The maximum Gasteiger partial charge on any atom is 0.416 e. The van der Waals surface area contributed by atoms with Crippen molar-refractivity contribution in [2.75, 3.05) is 19.8 Å². The van der Waals surface area contributed by atoms with Crippen molar-refractivity contribution in [3.63, 3.8) is 0 Å². The highest BCUT2D eigenvalue weighted by molar-refractivity contribution is 7.93. The fourth-order valence-corrected chi connectivity index (χ4v) is 4.52. The molecule has 1 heterocycles. The highest BCUT2D eigenvalue weighted by Crippen LogP contribution is 2.37. The number of sulfone groups is 1. The molecule has 1 aliphatic heterocycles.